The molecule has 0 saturated carbocycles. The van der Waals surface area contributed by atoms with Gasteiger partial charge >= 0.3 is 0 Å². The molecule has 0 fully saturated rings. The van der Waals surface area contributed by atoms with Gasteiger partial charge in [-0.2, -0.15) is 5.10 Å². The second kappa shape index (κ2) is 5.22. The highest BCUT2D eigenvalue weighted by Crippen LogP contribution is 2.29. The summed E-state index contributed by atoms with van der Waals surface area (Å²) in [5, 5.41) is 8.57. The monoisotopic (exact) mass is 250 g/mol. The lowest BCUT2D eigenvalue weighted by Gasteiger charge is -2.37. The fraction of sp³-hybridized carbons (Fsp3) is 0.714. The second-order valence-corrected chi connectivity index (χ2v) is 6.07. The van der Waals surface area contributed by atoms with E-state index in [1.807, 2.05) is 6.92 Å². The SMILES string of the molecule is Cc1nnc(N(C)C(C)C(C)(C)C)c(CN)c1C. The zero-order valence-corrected chi connectivity index (χ0v) is 12.7. The maximum absolute atomic E-state index is 5.87. The molecule has 1 unspecified atom stereocenters. The number of nitrogens with two attached hydrogens (primary N) is 1. The molecule has 4 heteroatoms. The molecule has 18 heavy (non-hydrogen) atoms. The third-order valence-electron chi connectivity index (χ3n) is 3.93. The summed E-state index contributed by atoms with van der Waals surface area (Å²) >= 11 is 0. The summed E-state index contributed by atoms with van der Waals surface area (Å²) in [7, 11) is 2.06. The van der Waals surface area contributed by atoms with Crippen LogP contribution in [0.25, 0.3) is 0 Å². The van der Waals surface area contributed by atoms with Crippen LogP contribution >= 0.6 is 0 Å². The van der Waals surface area contributed by atoms with Gasteiger partial charge in [-0.05, 0) is 31.7 Å². The molecule has 1 heterocycles. The lowest BCUT2D eigenvalue weighted by Crippen LogP contribution is -2.40. The first-order valence-electron chi connectivity index (χ1n) is 6.45. The Balaban J connectivity index is 3.22. The smallest absolute Gasteiger partial charge is 0.156 e. The number of anilines is 1. The van der Waals surface area contributed by atoms with Gasteiger partial charge in [0.2, 0.25) is 0 Å². The number of hydrogen-bond acceptors (Lipinski definition) is 4. The Hall–Kier alpha value is -1.16. The Labute approximate surface area is 111 Å². The molecule has 0 aromatic carbocycles. The molecule has 0 saturated heterocycles. The van der Waals surface area contributed by atoms with Gasteiger partial charge in [0, 0.05) is 25.2 Å². The summed E-state index contributed by atoms with van der Waals surface area (Å²) in [6.07, 6.45) is 0. The predicted octanol–water partition coefficient (Wildman–Crippen LogP) is 2.42. The summed E-state index contributed by atoms with van der Waals surface area (Å²) in [5.41, 5.74) is 9.26. The molecule has 1 aromatic rings. The van der Waals surface area contributed by atoms with E-state index in [0.717, 1.165) is 22.6 Å². The van der Waals surface area contributed by atoms with Crippen LogP contribution in [0.1, 0.15) is 44.5 Å². The van der Waals surface area contributed by atoms with Crippen LogP contribution in [0.3, 0.4) is 0 Å². The largest absolute Gasteiger partial charge is 0.355 e. The Morgan fingerprint density at radius 2 is 1.78 bits per heavy atom. The third kappa shape index (κ3) is 2.80. The van der Waals surface area contributed by atoms with Crippen molar-refractivity contribution in [3.63, 3.8) is 0 Å². The number of aryl methyl sites for hydroxylation is 1. The number of nitrogens with zero attached hydrogens (tertiary/aromatic N) is 3. The van der Waals surface area contributed by atoms with E-state index in [2.05, 4.69) is 56.8 Å². The Bertz CT molecular complexity index is 421. The highest BCUT2D eigenvalue weighted by atomic mass is 15.3. The van der Waals surface area contributed by atoms with Crippen molar-refractivity contribution >= 4 is 5.82 Å². The molecule has 0 radical (unpaired) electrons. The van der Waals surface area contributed by atoms with Crippen LogP contribution in [-0.4, -0.2) is 23.3 Å². The molecule has 0 bridgehead atoms. The number of aromatic nitrogens is 2. The first kappa shape index (κ1) is 14.9. The van der Waals surface area contributed by atoms with Crippen molar-refractivity contribution in [3.8, 4) is 0 Å². The Morgan fingerprint density at radius 1 is 1.22 bits per heavy atom. The van der Waals surface area contributed by atoms with Crippen molar-refractivity contribution in [3.05, 3.63) is 16.8 Å². The van der Waals surface area contributed by atoms with E-state index >= 15 is 0 Å². The van der Waals surface area contributed by atoms with Gasteiger partial charge in [0.05, 0.1) is 5.69 Å². The molecule has 4 nitrogen and oxygen atoms in total. The zero-order valence-electron chi connectivity index (χ0n) is 12.7. The van der Waals surface area contributed by atoms with Crippen LogP contribution < -0.4 is 10.6 Å². The van der Waals surface area contributed by atoms with Crippen molar-refractivity contribution in [1.82, 2.24) is 10.2 Å². The standard InChI is InChI=1S/C14H26N4/c1-9-10(2)16-17-13(12(9)8-15)18(7)11(3)14(4,5)6/h11H,8,15H2,1-7H3. The zero-order chi connectivity index (χ0) is 14.1. The second-order valence-electron chi connectivity index (χ2n) is 6.07. The summed E-state index contributed by atoms with van der Waals surface area (Å²) in [6.45, 7) is 13.4. The van der Waals surface area contributed by atoms with E-state index in [0.29, 0.717) is 12.6 Å². The maximum atomic E-state index is 5.87. The minimum atomic E-state index is 0.182. The molecule has 102 valence electrons. The number of hydrogen-bond donors (Lipinski definition) is 1. The predicted molar refractivity (Wildman–Crippen MR) is 76.7 cm³/mol. The van der Waals surface area contributed by atoms with Gasteiger partial charge in [-0.1, -0.05) is 20.8 Å². The molecule has 0 amide bonds. The van der Waals surface area contributed by atoms with Crippen LogP contribution in [-0.2, 0) is 6.54 Å². The van der Waals surface area contributed by atoms with Gasteiger partial charge in [0.1, 0.15) is 0 Å². The molecule has 0 spiro atoms. The van der Waals surface area contributed by atoms with Crippen molar-refractivity contribution in [2.45, 2.75) is 54.1 Å². The minimum Gasteiger partial charge on any atom is -0.355 e. The minimum absolute atomic E-state index is 0.182. The van der Waals surface area contributed by atoms with Crippen molar-refractivity contribution in [1.29, 1.82) is 0 Å². The molecule has 2 N–H and O–H groups in total. The number of rotatable bonds is 3. The van der Waals surface area contributed by atoms with E-state index in [4.69, 9.17) is 5.73 Å². The molecular weight excluding hydrogens is 224 g/mol. The molecule has 1 rings (SSSR count). The van der Waals surface area contributed by atoms with Crippen LogP contribution in [0.15, 0.2) is 0 Å². The Kier molecular flexibility index (Phi) is 4.32. The van der Waals surface area contributed by atoms with Gasteiger partial charge in [-0.15, -0.1) is 5.10 Å². The summed E-state index contributed by atoms with van der Waals surface area (Å²) in [5.74, 6) is 0.906. The molecule has 0 aliphatic carbocycles. The maximum Gasteiger partial charge on any atom is 0.156 e. The summed E-state index contributed by atoms with van der Waals surface area (Å²) < 4.78 is 0. The molecule has 1 atom stereocenters. The normalized spacial score (nSPS) is 13.6. The van der Waals surface area contributed by atoms with Crippen molar-refractivity contribution in [2.75, 3.05) is 11.9 Å². The molecule has 1 aromatic heterocycles. The van der Waals surface area contributed by atoms with E-state index in [1.165, 1.54) is 0 Å². The average molecular weight is 250 g/mol. The quantitative estimate of drug-likeness (QED) is 0.895. The van der Waals surface area contributed by atoms with Crippen LogP contribution in [0.2, 0.25) is 0 Å². The van der Waals surface area contributed by atoms with Crippen LogP contribution in [0.5, 0.6) is 0 Å². The van der Waals surface area contributed by atoms with Gasteiger partial charge in [0.25, 0.3) is 0 Å². The van der Waals surface area contributed by atoms with E-state index < -0.39 is 0 Å². The van der Waals surface area contributed by atoms with E-state index in [-0.39, 0.29) is 5.41 Å². The highest BCUT2D eigenvalue weighted by molar-refractivity contribution is 5.51. The first-order chi connectivity index (χ1) is 8.20. The fourth-order valence-electron chi connectivity index (χ4n) is 1.94. The lowest BCUT2D eigenvalue weighted by molar-refractivity contribution is 0.328. The topological polar surface area (TPSA) is 55.0 Å². The first-order valence-corrected chi connectivity index (χ1v) is 6.45. The molecule has 0 aliphatic rings. The van der Waals surface area contributed by atoms with Crippen molar-refractivity contribution < 1.29 is 0 Å². The van der Waals surface area contributed by atoms with E-state index in [1.54, 1.807) is 0 Å². The van der Waals surface area contributed by atoms with Gasteiger partial charge < -0.3 is 10.6 Å². The van der Waals surface area contributed by atoms with Crippen LogP contribution in [0.4, 0.5) is 5.82 Å². The van der Waals surface area contributed by atoms with Gasteiger partial charge in [-0.3, -0.25) is 0 Å². The van der Waals surface area contributed by atoms with Crippen LogP contribution in [0, 0.1) is 19.3 Å². The Morgan fingerprint density at radius 3 is 2.22 bits per heavy atom. The van der Waals surface area contributed by atoms with Gasteiger partial charge in [0.15, 0.2) is 5.82 Å². The van der Waals surface area contributed by atoms with Crippen molar-refractivity contribution in [2.24, 2.45) is 11.1 Å². The third-order valence-corrected chi connectivity index (χ3v) is 3.93. The summed E-state index contributed by atoms with van der Waals surface area (Å²) in [4.78, 5) is 2.18. The van der Waals surface area contributed by atoms with E-state index in [9.17, 15) is 0 Å². The summed E-state index contributed by atoms with van der Waals surface area (Å²) in [6, 6.07) is 0.360. The van der Waals surface area contributed by atoms with Gasteiger partial charge in [-0.25, -0.2) is 0 Å². The fourth-order valence-corrected chi connectivity index (χ4v) is 1.94. The lowest BCUT2D eigenvalue weighted by atomic mass is 9.87. The molecular formula is C14H26N4. The average Bonchev–Trinajstić information content (AvgIpc) is 2.29. The highest BCUT2D eigenvalue weighted by Gasteiger charge is 2.26. The molecule has 0 aliphatic heterocycles.